The Hall–Kier alpha value is -2.89. The van der Waals surface area contributed by atoms with Crippen molar-refractivity contribution in [2.24, 2.45) is 0 Å². The maximum atomic E-state index is 12.9. The van der Waals surface area contributed by atoms with Crippen molar-refractivity contribution >= 4 is 22.6 Å². The van der Waals surface area contributed by atoms with Gasteiger partial charge >= 0.3 is 0 Å². The molecule has 4 rings (SSSR count). The van der Waals surface area contributed by atoms with Gasteiger partial charge in [-0.2, -0.15) is 5.10 Å². The fourth-order valence-corrected chi connectivity index (χ4v) is 3.66. The van der Waals surface area contributed by atoms with Crippen molar-refractivity contribution in [2.75, 3.05) is 31.1 Å². The lowest BCUT2D eigenvalue weighted by atomic mass is 10.2. The topological polar surface area (TPSA) is 54.3 Å². The number of carbonyl (C=O) groups excluding carboxylic acids is 1. The smallest absolute Gasteiger partial charge is 0.242 e. The maximum absolute atomic E-state index is 12.9. The van der Waals surface area contributed by atoms with Crippen molar-refractivity contribution in [1.82, 2.24) is 19.7 Å². The lowest BCUT2D eigenvalue weighted by Gasteiger charge is -2.22. The summed E-state index contributed by atoms with van der Waals surface area (Å²) in [6.07, 6.45) is 4.70. The van der Waals surface area contributed by atoms with Gasteiger partial charge in [-0.15, -0.1) is 5.10 Å². The summed E-state index contributed by atoms with van der Waals surface area (Å²) < 4.78 is 2.07. The van der Waals surface area contributed by atoms with Crippen LogP contribution >= 0.6 is 0 Å². The lowest BCUT2D eigenvalue weighted by molar-refractivity contribution is -0.131. The zero-order chi connectivity index (χ0) is 17.9. The van der Waals surface area contributed by atoms with Crippen LogP contribution in [0.4, 0.5) is 5.82 Å². The normalized spacial score (nSPS) is 15.3. The Kier molecular flexibility index (Phi) is 4.56. The van der Waals surface area contributed by atoms with Crippen LogP contribution in [0.5, 0.6) is 0 Å². The van der Waals surface area contributed by atoms with Gasteiger partial charge in [0.25, 0.3) is 0 Å². The van der Waals surface area contributed by atoms with Crippen molar-refractivity contribution < 1.29 is 4.79 Å². The molecule has 0 bridgehead atoms. The predicted molar refractivity (Wildman–Crippen MR) is 102 cm³/mol. The minimum atomic E-state index is 0.173. The number of aryl methyl sites for hydroxylation is 1. The Bertz CT molecular complexity index is 905. The Morgan fingerprint density at radius 3 is 2.81 bits per heavy atom. The fraction of sp³-hybridized carbons (Fsp3) is 0.350. The number of amides is 1. The first-order valence-corrected chi connectivity index (χ1v) is 9.07. The van der Waals surface area contributed by atoms with E-state index in [-0.39, 0.29) is 5.91 Å². The molecular weight excluding hydrogens is 326 g/mol. The molecule has 0 aliphatic carbocycles. The maximum Gasteiger partial charge on any atom is 0.242 e. The van der Waals surface area contributed by atoms with Crippen molar-refractivity contribution in [3.63, 3.8) is 0 Å². The Morgan fingerprint density at radius 2 is 1.96 bits per heavy atom. The molecule has 1 fully saturated rings. The van der Waals surface area contributed by atoms with Gasteiger partial charge in [0.05, 0.1) is 0 Å². The third-order valence-corrected chi connectivity index (χ3v) is 5.02. The highest BCUT2D eigenvalue weighted by Crippen LogP contribution is 2.20. The average molecular weight is 349 g/mol. The van der Waals surface area contributed by atoms with Crippen LogP contribution in [0.2, 0.25) is 0 Å². The minimum absolute atomic E-state index is 0.173. The first-order chi connectivity index (χ1) is 12.7. The van der Waals surface area contributed by atoms with E-state index in [9.17, 15) is 4.79 Å². The molecule has 0 saturated carbocycles. The summed E-state index contributed by atoms with van der Waals surface area (Å²) in [7, 11) is 0. The summed E-state index contributed by atoms with van der Waals surface area (Å²) in [4.78, 5) is 17.1. The van der Waals surface area contributed by atoms with Crippen LogP contribution in [0, 0.1) is 6.92 Å². The van der Waals surface area contributed by atoms with Crippen LogP contribution in [0.25, 0.3) is 10.9 Å². The van der Waals surface area contributed by atoms with E-state index >= 15 is 0 Å². The number of benzene rings is 1. The van der Waals surface area contributed by atoms with E-state index in [0.29, 0.717) is 13.1 Å². The van der Waals surface area contributed by atoms with E-state index in [2.05, 4.69) is 44.9 Å². The van der Waals surface area contributed by atoms with Crippen molar-refractivity contribution in [1.29, 1.82) is 0 Å². The zero-order valence-electron chi connectivity index (χ0n) is 15.0. The number of fused-ring (bicyclic) bond motifs is 1. The number of rotatable bonds is 3. The van der Waals surface area contributed by atoms with Crippen LogP contribution in [-0.2, 0) is 11.3 Å². The number of nitrogens with zero attached hydrogens (tertiary/aromatic N) is 5. The van der Waals surface area contributed by atoms with Crippen LogP contribution in [-0.4, -0.2) is 51.8 Å². The first-order valence-electron chi connectivity index (χ1n) is 9.07. The van der Waals surface area contributed by atoms with Gasteiger partial charge in [-0.1, -0.05) is 18.2 Å². The molecule has 0 N–H and O–H groups in total. The Labute approximate surface area is 153 Å². The highest BCUT2D eigenvalue weighted by molar-refractivity contribution is 5.86. The third-order valence-electron chi connectivity index (χ3n) is 5.02. The fourth-order valence-electron chi connectivity index (χ4n) is 3.66. The summed E-state index contributed by atoms with van der Waals surface area (Å²) in [6.45, 7) is 5.67. The van der Waals surface area contributed by atoms with Gasteiger partial charge < -0.3 is 14.4 Å². The molecule has 134 valence electrons. The van der Waals surface area contributed by atoms with Gasteiger partial charge in [-0.25, -0.2) is 0 Å². The van der Waals surface area contributed by atoms with Crippen LogP contribution in [0.15, 0.2) is 48.8 Å². The number of aromatic nitrogens is 3. The summed E-state index contributed by atoms with van der Waals surface area (Å²) in [5.74, 6) is 1.06. The molecule has 2 aromatic heterocycles. The summed E-state index contributed by atoms with van der Waals surface area (Å²) in [6, 6.07) is 12.1. The molecule has 3 heterocycles. The van der Waals surface area contributed by atoms with Gasteiger partial charge in [0.15, 0.2) is 5.82 Å². The molecule has 0 atom stereocenters. The van der Waals surface area contributed by atoms with Crippen LogP contribution in [0.1, 0.15) is 12.0 Å². The van der Waals surface area contributed by atoms with E-state index in [1.807, 2.05) is 29.2 Å². The lowest BCUT2D eigenvalue weighted by Crippen LogP contribution is -2.37. The molecule has 26 heavy (non-hydrogen) atoms. The Balaban J connectivity index is 1.45. The quantitative estimate of drug-likeness (QED) is 0.729. The minimum Gasteiger partial charge on any atom is -0.353 e. The highest BCUT2D eigenvalue weighted by Gasteiger charge is 2.20. The van der Waals surface area contributed by atoms with Crippen molar-refractivity contribution in [3.8, 4) is 0 Å². The molecule has 3 aromatic rings. The van der Waals surface area contributed by atoms with E-state index in [4.69, 9.17) is 0 Å². The first kappa shape index (κ1) is 16.6. The predicted octanol–water partition coefficient (Wildman–Crippen LogP) is 2.48. The van der Waals surface area contributed by atoms with E-state index in [0.717, 1.165) is 37.4 Å². The Morgan fingerprint density at radius 1 is 1.08 bits per heavy atom. The number of hydrogen-bond acceptors (Lipinski definition) is 4. The second-order valence-corrected chi connectivity index (χ2v) is 6.76. The van der Waals surface area contributed by atoms with E-state index in [1.165, 1.54) is 10.9 Å². The molecule has 1 amide bonds. The monoisotopic (exact) mass is 349 g/mol. The SMILES string of the molecule is Cc1cn(CC(=O)N2CCCN(c3cccnn3)CC2)c2ccccc12. The number of para-hydroxylation sites is 1. The molecule has 6 nitrogen and oxygen atoms in total. The molecule has 0 radical (unpaired) electrons. The molecule has 6 heteroatoms. The number of anilines is 1. The van der Waals surface area contributed by atoms with Gasteiger partial charge in [-0.3, -0.25) is 4.79 Å². The molecule has 1 saturated heterocycles. The number of hydrogen-bond donors (Lipinski definition) is 0. The third kappa shape index (κ3) is 3.27. The highest BCUT2D eigenvalue weighted by atomic mass is 16.2. The van der Waals surface area contributed by atoms with Crippen molar-refractivity contribution in [2.45, 2.75) is 19.9 Å². The summed E-state index contributed by atoms with van der Waals surface area (Å²) in [5, 5.41) is 9.36. The molecule has 1 aliphatic rings. The summed E-state index contributed by atoms with van der Waals surface area (Å²) >= 11 is 0. The number of carbonyl (C=O) groups is 1. The van der Waals surface area contributed by atoms with Gasteiger partial charge in [0.1, 0.15) is 6.54 Å². The molecule has 0 spiro atoms. The molecule has 0 unspecified atom stereocenters. The van der Waals surface area contributed by atoms with Crippen LogP contribution in [0.3, 0.4) is 0 Å². The van der Waals surface area contributed by atoms with Gasteiger partial charge in [-0.05, 0) is 37.1 Å². The van der Waals surface area contributed by atoms with Crippen molar-refractivity contribution in [3.05, 3.63) is 54.4 Å². The largest absolute Gasteiger partial charge is 0.353 e. The van der Waals surface area contributed by atoms with Gasteiger partial charge in [0, 0.05) is 49.5 Å². The molecule has 1 aliphatic heterocycles. The summed E-state index contributed by atoms with van der Waals surface area (Å²) in [5.41, 5.74) is 2.33. The second kappa shape index (κ2) is 7.15. The molecule has 1 aromatic carbocycles. The zero-order valence-corrected chi connectivity index (χ0v) is 15.0. The van der Waals surface area contributed by atoms with E-state index < -0.39 is 0 Å². The van der Waals surface area contributed by atoms with Gasteiger partial charge in [0.2, 0.25) is 5.91 Å². The van der Waals surface area contributed by atoms with Crippen LogP contribution < -0.4 is 4.90 Å². The second-order valence-electron chi connectivity index (χ2n) is 6.76. The van der Waals surface area contributed by atoms with E-state index in [1.54, 1.807) is 6.20 Å². The molecular formula is C20H23N5O. The average Bonchev–Trinajstić information content (AvgIpc) is 2.86. The standard InChI is InChI=1S/C20H23N5O/c1-16-14-25(18-7-3-2-6-17(16)18)15-20(26)24-11-5-10-23(12-13-24)19-8-4-9-21-22-19/h2-4,6-9,14H,5,10-13,15H2,1H3.